The molecule has 2 saturated heterocycles. The molecule has 0 aromatic carbocycles. The zero-order valence-electron chi connectivity index (χ0n) is 37.2. The molecule has 15 nitrogen and oxygen atoms in total. The number of carbonyl (C=O) groups is 1. The molecule has 0 unspecified atom stereocenters. The van der Waals surface area contributed by atoms with Gasteiger partial charge in [-0.3, -0.25) is 4.79 Å². The predicted molar refractivity (Wildman–Crippen MR) is 234 cm³/mol. The highest BCUT2D eigenvalue weighted by molar-refractivity contribution is 5.70. The second kappa shape index (κ2) is 27.0. The fourth-order valence-corrected chi connectivity index (χ4v) is 7.99. The third kappa shape index (κ3) is 18.5. The van der Waals surface area contributed by atoms with Crippen LogP contribution in [-0.2, 0) is 23.7 Å². The maximum Gasteiger partial charge on any atom is 0.308 e. The number of esters is 1. The average molecular weight is 880 g/mol. The molecule has 62 heavy (non-hydrogen) atoms. The van der Waals surface area contributed by atoms with Crippen LogP contribution in [0.5, 0.6) is 0 Å². The van der Waals surface area contributed by atoms with Crippen molar-refractivity contribution in [2.45, 2.75) is 197 Å². The molecule has 0 spiro atoms. The summed E-state index contributed by atoms with van der Waals surface area (Å²) in [7, 11) is 0. The van der Waals surface area contributed by atoms with Crippen LogP contribution >= 0.6 is 0 Å². The fourth-order valence-electron chi connectivity index (χ4n) is 7.99. The standard InChI is InChI=1S/C47H77NO14/c1-29-19-16-14-12-10-8-6-7-9-11-13-15-17-22-38(61-46-45(57)42(48)44(56)33(5)60-46)26-40-31(3)39(53)28-47(58,62-40)27-37(52)24-35(50)21-18-20-34(49)23-36(51)25-41(54)59-32(4)30(2)43(29)55/h6-7,9,11-17,19,22,29-40,42-46,49-53,55-58H,8,10,18,20-21,23-28,48H2,1-5H3/b7-6+,11-9+,14-12+,15-13+,19-16+,22-17+/t29-,30-,31+,32-,33+,34+,35-,36+,37-,38-,39-,40-,42-,43+,44+,45-,46-,47+/m0/s1. The molecule has 15 heteroatoms. The van der Waals surface area contributed by atoms with Crippen molar-refractivity contribution in [1.82, 2.24) is 0 Å². The Balaban J connectivity index is 1.76. The van der Waals surface area contributed by atoms with Gasteiger partial charge in [-0.15, -0.1) is 0 Å². The van der Waals surface area contributed by atoms with Crippen LogP contribution in [0.2, 0.25) is 0 Å². The highest BCUT2D eigenvalue weighted by Crippen LogP contribution is 2.37. The summed E-state index contributed by atoms with van der Waals surface area (Å²) in [6.07, 6.45) is 11.3. The van der Waals surface area contributed by atoms with Crippen LogP contribution in [0.1, 0.15) is 105 Å². The minimum atomic E-state index is -1.95. The minimum Gasteiger partial charge on any atom is -0.462 e. The minimum absolute atomic E-state index is 0.0855. The molecule has 0 aromatic rings. The number of carbonyl (C=O) groups excluding carboxylic acids is 1. The van der Waals surface area contributed by atoms with Gasteiger partial charge in [0.2, 0.25) is 0 Å². The molecule has 0 radical (unpaired) electrons. The van der Waals surface area contributed by atoms with Crippen LogP contribution in [0.15, 0.2) is 72.9 Å². The summed E-state index contributed by atoms with van der Waals surface area (Å²) in [5.41, 5.74) is 6.07. The van der Waals surface area contributed by atoms with E-state index in [1.807, 2.05) is 61.6 Å². The van der Waals surface area contributed by atoms with Gasteiger partial charge in [0.15, 0.2) is 12.1 Å². The molecule has 0 aromatic heterocycles. The number of fused-ring (bicyclic) bond motifs is 2. The Kier molecular flexibility index (Phi) is 23.4. The topological polar surface area (TPSA) is 262 Å². The highest BCUT2D eigenvalue weighted by atomic mass is 16.7. The van der Waals surface area contributed by atoms with E-state index in [-0.39, 0.29) is 63.2 Å². The van der Waals surface area contributed by atoms with E-state index in [0.29, 0.717) is 6.42 Å². The lowest BCUT2D eigenvalue weighted by Gasteiger charge is -2.45. The van der Waals surface area contributed by atoms with E-state index in [2.05, 4.69) is 0 Å². The van der Waals surface area contributed by atoms with Gasteiger partial charge in [0, 0.05) is 37.0 Å². The van der Waals surface area contributed by atoms with E-state index in [1.54, 1.807) is 45.9 Å². The summed E-state index contributed by atoms with van der Waals surface area (Å²) in [5, 5.41) is 97.4. The monoisotopic (exact) mass is 880 g/mol. The molecule has 3 rings (SSSR count). The number of nitrogens with two attached hydrogens (primary N) is 1. The number of hydrogen-bond acceptors (Lipinski definition) is 15. The Morgan fingerprint density at radius 1 is 0.661 bits per heavy atom. The van der Waals surface area contributed by atoms with Crippen molar-refractivity contribution in [3.8, 4) is 0 Å². The van der Waals surface area contributed by atoms with Gasteiger partial charge in [-0.2, -0.15) is 0 Å². The van der Waals surface area contributed by atoms with Gasteiger partial charge in [0.25, 0.3) is 0 Å². The van der Waals surface area contributed by atoms with Crippen LogP contribution in [0.25, 0.3) is 0 Å². The maximum absolute atomic E-state index is 12.6. The molecule has 11 N–H and O–H groups in total. The number of aliphatic hydroxyl groups excluding tert-OH is 8. The lowest BCUT2D eigenvalue weighted by Crippen LogP contribution is -2.61. The van der Waals surface area contributed by atoms with E-state index in [9.17, 15) is 50.8 Å². The first-order chi connectivity index (χ1) is 29.3. The van der Waals surface area contributed by atoms with Crippen molar-refractivity contribution in [2.24, 2.45) is 23.5 Å². The van der Waals surface area contributed by atoms with Crippen molar-refractivity contribution >= 4 is 5.97 Å². The summed E-state index contributed by atoms with van der Waals surface area (Å²) in [6, 6.07) is -1.02. The predicted octanol–water partition coefficient (Wildman–Crippen LogP) is 2.90. The number of ether oxygens (including phenoxy) is 4. The van der Waals surface area contributed by atoms with Gasteiger partial charge in [-0.1, -0.05) is 93.7 Å². The molecule has 2 fully saturated rings. The molecular weight excluding hydrogens is 803 g/mol. The number of cyclic esters (lactones) is 1. The van der Waals surface area contributed by atoms with Crippen molar-refractivity contribution in [3.63, 3.8) is 0 Å². The van der Waals surface area contributed by atoms with Crippen LogP contribution in [-0.4, -0.2) is 143 Å². The normalized spacial score (nSPS) is 45.7. The number of aliphatic hydroxyl groups is 9. The van der Waals surface area contributed by atoms with Crippen LogP contribution < -0.4 is 5.73 Å². The van der Waals surface area contributed by atoms with Gasteiger partial charge in [0.05, 0.1) is 73.5 Å². The van der Waals surface area contributed by atoms with Crippen LogP contribution in [0.4, 0.5) is 0 Å². The van der Waals surface area contributed by atoms with E-state index in [0.717, 1.165) is 12.8 Å². The van der Waals surface area contributed by atoms with Crippen molar-refractivity contribution in [2.75, 3.05) is 0 Å². The first-order valence-electron chi connectivity index (χ1n) is 22.4. The Hall–Kier alpha value is -2.61. The van der Waals surface area contributed by atoms with Gasteiger partial charge < -0.3 is 70.6 Å². The SMILES string of the molecule is C[C@@H]1[C@H](O)[C@@H](C)/C=C/C=C/CC/C=C/C=C/C=C/C=C/[C@H](O[C@@H]2O[C@H](C)[C@@H](O)[C@H](N)[C@@H]2O)C[C@@H]2O[C@](O)(C[C@@H](O)C[C@@H](O)CCC[C@@H](O)C[C@@H](O)CC(=O)O[C@H]1C)C[C@H](O)[C@H]2C. The van der Waals surface area contributed by atoms with Gasteiger partial charge in [-0.25, -0.2) is 0 Å². The zero-order chi connectivity index (χ0) is 46.0. The summed E-state index contributed by atoms with van der Waals surface area (Å²) >= 11 is 0. The second-order valence-corrected chi connectivity index (χ2v) is 17.7. The quantitative estimate of drug-likeness (QED) is 0.179. The van der Waals surface area contributed by atoms with Crippen molar-refractivity contribution in [3.05, 3.63) is 72.9 Å². The van der Waals surface area contributed by atoms with Crippen LogP contribution in [0, 0.1) is 17.8 Å². The smallest absolute Gasteiger partial charge is 0.308 e. The summed E-state index contributed by atoms with van der Waals surface area (Å²) in [5.74, 6) is -3.66. The average Bonchev–Trinajstić information content (AvgIpc) is 3.19. The second-order valence-electron chi connectivity index (χ2n) is 17.7. The largest absolute Gasteiger partial charge is 0.462 e. The third-order valence-corrected chi connectivity index (χ3v) is 12.2. The summed E-state index contributed by atoms with van der Waals surface area (Å²) in [4.78, 5) is 12.6. The molecule has 0 saturated carbocycles. The van der Waals surface area contributed by atoms with Gasteiger partial charge in [0.1, 0.15) is 12.2 Å². The molecule has 3 aliphatic heterocycles. The molecular formula is C47H77NO14. The van der Waals surface area contributed by atoms with E-state index in [1.165, 1.54) is 0 Å². The third-order valence-electron chi connectivity index (χ3n) is 12.2. The lowest BCUT2D eigenvalue weighted by atomic mass is 9.84. The first-order valence-corrected chi connectivity index (χ1v) is 22.4. The number of rotatable bonds is 2. The van der Waals surface area contributed by atoms with Gasteiger partial charge in [-0.05, 0) is 58.8 Å². The molecule has 3 heterocycles. The Labute approximate surface area is 367 Å². The van der Waals surface area contributed by atoms with E-state index >= 15 is 0 Å². The number of allylic oxidation sites excluding steroid dienone is 10. The Morgan fingerprint density at radius 2 is 1.24 bits per heavy atom. The molecule has 18 atom stereocenters. The van der Waals surface area contributed by atoms with E-state index < -0.39 is 103 Å². The molecule has 0 amide bonds. The van der Waals surface area contributed by atoms with Crippen molar-refractivity contribution < 1.29 is 69.7 Å². The fraction of sp³-hybridized carbons (Fsp3) is 0.723. The van der Waals surface area contributed by atoms with Crippen molar-refractivity contribution in [1.29, 1.82) is 0 Å². The number of hydrogen-bond donors (Lipinski definition) is 10. The molecule has 0 aliphatic carbocycles. The zero-order valence-corrected chi connectivity index (χ0v) is 37.2. The molecule has 3 aliphatic rings. The van der Waals surface area contributed by atoms with E-state index in [4.69, 9.17) is 24.7 Å². The molecule has 354 valence electrons. The van der Waals surface area contributed by atoms with Gasteiger partial charge >= 0.3 is 5.97 Å². The molecule has 2 bridgehead atoms. The lowest BCUT2D eigenvalue weighted by molar-refractivity contribution is -0.308. The highest BCUT2D eigenvalue weighted by Gasteiger charge is 2.47. The van der Waals surface area contributed by atoms with Crippen LogP contribution in [0.3, 0.4) is 0 Å². The maximum atomic E-state index is 12.6. The first kappa shape index (κ1) is 53.7. The Bertz CT molecular complexity index is 1490. The summed E-state index contributed by atoms with van der Waals surface area (Å²) in [6.45, 7) is 8.76. The summed E-state index contributed by atoms with van der Waals surface area (Å²) < 4.78 is 23.7. The Morgan fingerprint density at radius 3 is 1.90 bits per heavy atom.